The van der Waals surface area contributed by atoms with E-state index < -0.39 is 12.0 Å². The standard InChI is InChI=1S/C11H11Cl2NO2/c1-5-2-7-8(10(14-5)11(15)16)3-6(12)4-9(7)13/h3-5,10,14H,2H2,1H3,(H,15,16). The second-order valence-electron chi connectivity index (χ2n) is 4.00. The number of carboxylic acids is 1. The first kappa shape index (κ1) is 11.7. The highest BCUT2D eigenvalue weighted by atomic mass is 35.5. The summed E-state index contributed by atoms with van der Waals surface area (Å²) in [6, 6.07) is 2.68. The Morgan fingerprint density at radius 2 is 2.19 bits per heavy atom. The first-order valence-corrected chi connectivity index (χ1v) is 5.71. The Balaban J connectivity index is 2.56. The van der Waals surface area contributed by atoms with E-state index in [2.05, 4.69) is 5.32 Å². The van der Waals surface area contributed by atoms with Gasteiger partial charge in [-0.05, 0) is 36.6 Å². The van der Waals surface area contributed by atoms with Gasteiger partial charge >= 0.3 is 5.97 Å². The van der Waals surface area contributed by atoms with Gasteiger partial charge in [0, 0.05) is 16.1 Å². The monoisotopic (exact) mass is 259 g/mol. The van der Waals surface area contributed by atoms with Gasteiger partial charge in [-0.15, -0.1) is 0 Å². The molecule has 0 saturated carbocycles. The summed E-state index contributed by atoms with van der Waals surface area (Å²) in [6.45, 7) is 1.93. The molecular weight excluding hydrogens is 249 g/mol. The first-order valence-electron chi connectivity index (χ1n) is 4.95. The molecule has 1 aromatic rings. The molecule has 86 valence electrons. The van der Waals surface area contributed by atoms with Crippen LogP contribution in [-0.4, -0.2) is 17.1 Å². The van der Waals surface area contributed by atoms with Crippen LogP contribution in [-0.2, 0) is 11.2 Å². The average Bonchev–Trinajstić information content (AvgIpc) is 2.18. The van der Waals surface area contributed by atoms with Crippen LogP contribution < -0.4 is 5.32 Å². The molecule has 3 nitrogen and oxygen atoms in total. The summed E-state index contributed by atoms with van der Waals surface area (Å²) in [6.07, 6.45) is 0.717. The molecule has 1 aliphatic rings. The molecule has 2 N–H and O–H groups in total. The fourth-order valence-corrected chi connectivity index (χ4v) is 2.63. The molecule has 0 bridgehead atoms. The zero-order valence-corrected chi connectivity index (χ0v) is 10.1. The number of benzene rings is 1. The van der Waals surface area contributed by atoms with Crippen molar-refractivity contribution in [3.8, 4) is 0 Å². The van der Waals surface area contributed by atoms with Gasteiger partial charge in [-0.3, -0.25) is 10.1 Å². The van der Waals surface area contributed by atoms with Crippen LogP contribution in [0.3, 0.4) is 0 Å². The zero-order chi connectivity index (χ0) is 11.9. The largest absolute Gasteiger partial charge is 0.480 e. The average molecular weight is 260 g/mol. The molecule has 1 aromatic carbocycles. The van der Waals surface area contributed by atoms with E-state index in [1.165, 1.54) is 0 Å². The number of hydrogen-bond donors (Lipinski definition) is 2. The number of carbonyl (C=O) groups is 1. The van der Waals surface area contributed by atoms with E-state index in [9.17, 15) is 4.79 Å². The number of carboxylic acid groups (broad SMARTS) is 1. The highest BCUT2D eigenvalue weighted by Crippen LogP contribution is 2.33. The molecule has 0 amide bonds. The van der Waals surface area contributed by atoms with Gasteiger partial charge in [-0.1, -0.05) is 23.2 Å². The summed E-state index contributed by atoms with van der Waals surface area (Å²) in [4.78, 5) is 11.1. The van der Waals surface area contributed by atoms with Crippen LogP contribution in [0.2, 0.25) is 10.0 Å². The molecular formula is C11H11Cl2NO2. The SMILES string of the molecule is CC1Cc2c(Cl)cc(Cl)cc2C(C(=O)O)N1. The van der Waals surface area contributed by atoms with Crippen LogP contribution in [0.4, 0.5) is 0 Å². The summed E-state index contributed by atoms with van der Waals surface area (Å²) in [7, 11) is 0. The van der Waals surface area contributed by atoms with Crippen molar-refractivity contribution in [2.24, 2.45) is 0 Å². The Kier molecular flexibility index (Phi) is 3.10. The first-order chi connectivity index (χ1) is 7.49. The minimum atomic E-state index is -0.911. The van der Waals surface area contributed by atoms with Gasteiger partial charge in [-0.2, -0.15) is 0 Å². The van der Waals surface area contributed by atoms with Gasteiger partial charge in [0.1, 0.15) is 6.04 Å². The van der Waals surface area contributed by atoms with Gasteiger partial charge in [0.05, 0.1) is 0 Å². The van der Waals surface area contributed by atoms with Crippen molar-refractivity contribution < 1.29 is 9.90 Å². The minimum absolute atomic E-state index is 0.0901. The van der Waals surface area contributed by atoms with Gasteiger partial charge in [-0.25, -0.2) is 0 Å². The quantitative estimate of drug-likeness (QED) is 0.816. The number of fused-ring (bicyclic) bond motifs is 1. The van der Waals surface area contributed by atoms with E-state index in [1.54, 1.807) is 12.1 Å². The lowest BCUT2D eigenvalue weighted by atomic mass is 9.91. The van der Waals surface area contributed by atoms with Gasteiger partial charge in [0.15, 0.2) is 0 Å². The maximum atomic E-state index is 11.1. The summed E-state index contributed by atoms with van der Waals surface area (Å²) < 4.78 is 0. The smallest absolute Gasteiger partial charge is 0.325 e. The molecule has 0 spiro atoms. The fraction of sp³-hybridized carbons (Fsp3) is 0.364. The third-order valence-electron chi connectivity index (χ3n) is 2.71. The number of aliphatic carboxylic acids is 1. The Labute approximate surface area is 103 Å². The van der Waals surface area contributed by atoms with Gasteiger partial charge in [0.25, 0.3) is 0 Å². The Hall–Kier alpha value is -0.770. The molecule has 0 radical (unpaired) electrons. The molecule has 1 heterocycles. The summed E-state index contributed by atoms with van der Waals surface area (Å²) in [5.74, 6) is -0.911. The Morgan fingerprint density at radius 1 is 1.50 bits per heavy atom. The van der Waals surface area contributed by atoms with E-state index in [0.717, 1.165) is 12.0 Å². The molecule has 5 heteroatoms. The predicted octanol–water partition coefficient (Wildman–Crippen LogP) is 2.65. The van der Waals surface area contributed by atoms with E-state index in [1.807, 2.05) is 6.92 Å². The van der Waals surface area contributed by atoms with Gasteiger partial charge < -0.3 is 5.11 Å². The van der Waals surface area contributed by atoms with Crippen molar-refractivity contribution in [1.82, 2.24) is 5.32 Å². The normalized spacial score (nSPS) is 23.9. The molecule has 2 unspecified atom stereocenters. The number of hydrogen-bond acceptors (Lipinski definition) is 2. The van der Waals surface area contributed by atoms with Crippen molar-refractivity contribution in [3.63, 3.8) is 0 Å². The zero-order valence-electron chi connectivity index (χ0n) is 8.63. The molecule has 0 saturated heterocycles. The molecule has 1 aliphatic heterocycles. The fourth-order valence-electron chi connectivity index (χ4n) is 2.04. The van der Waals surface area contributed by atoms with Crippen LogP contribution >= 0.6 is 23.2 Å². The second kappa shape index (κ2) is 4.24. The van der Waals surface area contributed by atoms with E-state index in [-0.39, 0.29) is 6.04 Å². The van der Waals surface area contributed by atoms with Crippen LogP contribution in [0.15, 0.2) is 12.1 Å². The van der Waals surface area contributed by atoms with Crippen molar-refractivity contribution >= 4 is 29.2 Å². The summed E-state index contributed by atoms with van der Waals surface area (Å²) in [5, 5.41) is 13.2. The van der Waals surface area contributed by atoms with Crippen LogP contribution in [0, 0.1) is 0 Å². The number of nitrogens with one attached hydrogen (secondary N) is 1. The maximum Gasteiger partial charge on any atom is 0.325 e. The van der Waals surface area contributed by atoms with E-state index in [4.69, 9.17) is 28.3 Å². The molecule has 2 rings (SSSR count). The second-order valence-corrected chi connectivity index (χ2v) is 4.84. The summed E-state index contributed by atoms with van der Waals surface area (Å²) in [5.41, 5.74) is 1.55. The molecule has 0 aromatic heterocycles. The number of halogens is 2. The minimum Gasteiger partial charge on any atom is -0.480 e. The maximum absolute atomic E-state index is 11.1. The van der Waals surface area contributed by atoms with E-state index in [0.29, 0.717) is 15.6 Å². The van der Waals surface area contributed by atoms with E-state index >= 15 is 0 Å². The lowest BCUT2D eigenvalue weighted by Gasteiger charge is -2.29. The van der Waals surface area contributed by atoms with Crippen LogP contribution in [0.5, 0.6) is 0 Å². The van der Waals surface area contributed by atoms with Crippen molar-refractivity contribution in [2.45, 2.75) is 25.4 Å². The number of rotatable bonds is 1. The molecule has 16 heavy (non-hydrogen) atoms. The highest BCUT2D eigenvalue weighted by Gasteiger charge is 2.30. The van der Waals surface area contributed by atoms with Crippen LogP contribution in [0.25, 0.3) is 0 Å². The third kappa shape index (κ3) is 2.03. The topological polar surface area (TPSA) is 49.3 Å². The Bertz CT molecular complexity index is 448. The molecule has 0 fully saturated rings. The predicted molar refractivity (Wildman–Crippen MR) is 63.1 cm³/mol. The summed E-state index contributed by atoms with van der Waals surface area (Å²) >= 11 is 12.0. The lowest BCUT2D eigenvalue weighted by molar-refractivity contribution is -0.140. The van der Waals surface area contributed by atoms with Crippen LogP contribution in [0.1, 0.15) is 24.1 Å². The van der Waals surface area contributed by atoms with Crippen molar-refractivity contribution in [3.05, 3.63) is 33.3 Å². The third-order valence-corrected chi connectivity index (χ3v) is 3.27. The molecule has 2 atom stereocenters. The lowest BCUT2D eigenvalue weighted by Crippen LogP contribution is -2.41. The Morgan fingerprint density at radius 3 is 2.81 bits per heavy atom. The van der Waals surface area contributed by atoms with Crippen molar-refractivity contribution in [2.75, 3.05) is 0 Å². The molecule has 0 aliphatic carbocycles. The van der Waals surface area contributed by atoms with Crippen molar-refractivity contribution in [1.29, 1.82) is 0 Å². The van der Waals surface area contributed by atoms with Gasteiger partial charge in [0.2, 0.25) is 0 Å². The highest BCUT2D eigenvalue weighted by molar-refractivity contribution is 6.35.